The van der Waals surface area contributed by atoms with Crippen LogP contribution in [0.3, 0.4) is 0 Å². The molecule has 2 aromatic rings. The van der Waals surface area contributed by atoms with Crippen molar-refractivity contribution in [1.29, 1.82) is 0 Å². The van der Waals surface area contributed by atoms with Crippen molar-refractivity contribution >= 4 is 48.5 Å². The van der Waals surface area contributed by atoms with Crippen LogP contribution in [0.5, 0.6) is 0 Å². The van der Waals surface area contributed by atoms with Gasteiger partial charge >= 0.3 is 0 Å². The first-order valence-corrected chi connectivity index (χ1v) is 9.26. The third-order valence-corrected chi connectivity index (χ3v) is 4.19. The van der Waals surface area contributed by atoms with Crippen molar-refractivity contribution in [3.63, 3.8) is 0 Å². The number of benzene rings is 1. The zero-order valence-electron chi connectivity index (χ0n) is 11.2. The summed E-state index contributed by atoms with van der Waals surface area (Å²) in [4.78, 5) is 0. The Morgan fingerprint density at radius 2 is 2.00 bits per heavy atom. The number of aliphatic hydroxyl groups is 1. The number of aromatic nitrogens is 1. The molecular weight excluding hydrogens is 401 g/mol. The van der Waals surface area contributed by atoms with Gasteiger partial charge in [-0.15, -0.1) is 0 Å². The highest BCUT2D eigenvalue weighted by Crippen LogP contribution is 2.39. The van der Waals surface area contributed by atoms with Gasteiger partial charge in [-0.3, -0.25) is 4.18 Å². The van der Waals surface area contributed by atoms with Crippen LogP contribution < -0.4 is 0 Å². The molecule has 1 aromatic heterocycles. The quantitative estimate of drug-likeness (QED) is 0.670. The monoisotopic (exact) mass is 411 g/mol. The summed E-state index contributed by atoms with van der Waals surface area (Å²) in [7, 11) is 1.03. The molecule has 0 bridgehead atoms. The molecule has 0 fully saturated rings. The van der Waals surface area contributed by atoms with E-state index >= 15 is 0 Å². The highest BCUT2D eigenvalue weighted by Gasteiger charge is 2.30. The van der Waals surface area contributed by atoms with E-state index in [9.17, 15) is 5.11 Å². The van der Waals surface area contributed by atoms with E-state index in [4.69, 9.17) is 31.9 Å². The molecule has 21 heavy (non-hydrogen) atoms. The minimum absolute atomic E-state index is 0.176. The third kappa shape index (κ3) is 3.75. The molecule has 2 rings (SSSR count). The van der Waals surface area contributed by atoms with E-state index in [1.807, 2.05) is 0 Å². The summed E-state index contributed by atoms with van der Waals surface area (Å²) < 4.78 is 10.6. The molecule has 0 radical (unpaired) electrons. The third-order valence-electron chi connectivity index (χ3n) is 2.79. The topological polar surface area (TPSA) is 55.5 Å². The van der Waals surface area contributed by atoms with Crippen molar-refractivity contribution in [2.75, 3.05) is 0 Å². The minimum atomic E-state index is -1.20. The van der Waals surface area contributed by atoms with Crippen LogP contribution in [0.25, 0.3) is 11.3 Å². The molecule has 1 N–H and O–H groups in total. The zero-order chi connectivity index (χ0) is 15.6. The molecule has 0 unspecified atom stereocenters. The lowest BCUT2D eigenvalue weighted by molar-refractivity contribution is 0.0454. The van der Waals surface area contributed by atoms with E-state index < -0.39 is 5.60 Å². The Bertz CT molecular complexity index is 623. The molecule has 4 nitrogen and oxygen atoms in total. The van der Waals surface area contributed by atoms with E-state index in [2.05, 4.69) is 20.0 Å². The summed E-state index contributed by atoms with van der Waals surface area (Å²) >= 11 is 15.5. The summed E-state index contributed by atoms with van der Waals surface area (Å²) in [6.07, 6.45) is 0. The van der Waals surface area contributed by atoms with Crippen LogP contribution in [-0.2, 0) is 16.4 Å². The van der Waals surface area contributed by atoms with Crippen molar-refractivity contribution in [2.45, 2.75) is 26.1 Å². The van der Waals surface area contributed by atoms with Crippen LogP contribution in [0, 0.1) is 0 Å². The second-order valence-electron chi connectivity index (χ2n) is 4.82. The first-order chi connectivity index (χ1) is 9.86. The van der Waals surface area contributed by atoms with Crippen LogP contribution in [0.2, 0.25) is 10.0 Å². The molecule has 114 valence electrons. The molecule has 0 spiro atoms. The summed E-state index contributed by atoms with van der Waals surface area (Å²) in [5.74, 6) is 0.315. The Kier molecular flexibility index (Phi) is 5.62. The second-order valence-corrected chi connectivity index (χ2v) is 6.79. The largest absolute Gasteiger partial charge is 0.382 e. The van der Waals surface area contributed by atoms with Crippen molar-refractivity contribution in [2.24, 2.45) is 0 Å². The normalized spacial score (nSPS) is 11.9. The summed E-state index contributed by atoms with van der Waals surface area (Å²) in [6, 6.07) is 5.17. The number of hydrogen-bond donors (Lipinski definition) is 1. The number of halogens is 3. The maximum absolute atomic E-state index is 10.2. The van der Waals surface area contributed by atoms with E-state index in [1.165, 1.54) is 0 Å². The first kappa shape index (κ1) is 17.1. The smallest absolute Gasteiger partial charge is 0.173 e. The van der Waals surface area contributed by atoms with Crippen molar-refractivity contribution in [3.05, 3.63) is 39.6 Å². The number of rotatable bonds is 5. The average Bonchev–Trinajstić information content (AvgIpc) is 2.79. The lowest BCUT2D eigenvalue weighted by Crippen LogP contribution is -2.16. The molecule has 0 aliphatic rings. The molecule has 8 heteroatoms. The van der Waals surface area contributed by atoms with Crippen LogP contribution >= 0.6 is 48.5 Å². The zero-order valence-corrected chi connectivity index (χ0v) is 15.1. The molecule has 1 heterocycles. The molecule has 0 saturated heterocycles. The Morgan fingerprint density at radius 1 is 1.38 bits per heavy atom. The average molecular weight is 413 g/mol. The minimum Gasteiger partial charge on any atom is -0.382 e. The lowest BCUT2D eigenvalue weighted by atomic mass is 9.98. The van der Waals surface area contributed by atoms with E-state index in [0.717, 1.165) is 10.5 Å². The first-order valence-electron chi connectivity index (χ1n) is 5.92. The van der Waals surface area contributed by atoms with E-state index in [0.29, 0.717) is 32.6 Å². The highest BCUT2D eigenvalue weighted by atomic mass is 79.9. The maximum Gasteiger partial charge on any atom is 0.173 e. The van der Waals surface area contributed by atoms with Gasteiger partial charge in [0.15, 0.2) is 5.76 Å². The Morgan fingerprint density at radius 3 is 2.52 bits per heavy atom. The number of nitrogens with zero attached hydrogens (tertiary/aromatic N) is 1. The SMILES string of the molecule is CC(C)(O)c1onc(-c2c(Cl)cccc2Cl)c1COSBr. The molecule has 0 saturated carbocycles. The van der Waals surface area contributed by atoms with Gasteiger partial charge in [0, 0.05) is 20.4 Å². The van der Waals surface area contributed by atoms with Gasteiger partial charge in [-0.05, 0) is 26.0 Å². The predicted octanol–water partition coefficient (Wildman–Crippen LogP) is 5.35. The van der Waals surface area contributed by atoms with Gasteiger partial charge in [-0.1, -0.05) is 34.4 Å². The fraction of sp³-hybridized carbons (Fsp3) is 0.308. The van der Waals surface area contributed by atoms with Crippen LogP contribution in [0.4, 0.5) is 0 Å². The summed E-state index contributed by atoms with van der Waals surface area (Å²) in [6.45, 7) is 3.39. The molecule has 0 amide bonds. The predicted molar refractivity (Wildman–Crippen MR) is 88.5 cm³/mol. The van der Waals surface area contributed by atoms with Crippen molar-refractivity contribution < 1.29 is 13.8 Å². The van der Waals surface area contributed by atoms with E-state index in [1.54, 1.807) is 32.0 Å². The molecule has 1 aromatic carbocycles. The van der Waals surface area contributed by atoms with Crippen LogP contribution in [0.1, 0.15) is 25.2 Å². The Balaban J connectivity index is 2.61. The highest BCUT2D eigenvalue weighted by molar-refractivity contribution is 9.49. The van der Waals surface area contributed by atoms with Crippen molar-refractivity contribution in [1.82, 2.24) is 5.16 Å². The molecule has 0 aliphatic heterocycles. The Hall–Kier alpha value is -0.240. The van der Waals surface area contributed by atoms with Gasteiger partial charge in [0.1, 0.15) is 11.3 Å². The van der Waals surface area contributed by atoms with E-state index in [-0.39, 0.29) is 6.61 Å². The van der Waals surface area contributed by atoms with Gasteiger partial charge in [-0.2, -0.15) is 0 Å². The van der Waals surface area contributed by atoms with Crippen molar-refractivity contribution in [3.8, 4) is 11.3 Å². The van der Waals surface area contributed by atoms with Gasteiger partial charge in [-0.25, -0.2) is 0 Å². The van der Waals surface area contributed by atoms with Gasteiger partial charge in [0.05, 0.1) is 32.7 Å². The fourth-order valence-corrected chi connectivity index (χ4v) is 2.94. The lowest BCUT2D eigenvalue weighted by Gasteiger charge is -2.15. The van der Waals surface area contributed by atoms with Gasteiger partial charge in [0.25, 0.3) is 0 Å². The maximum atomic E-state index is 10.2. The molecule has 0 atom stereocenters. The standard InChI is InChI=1S/C13H12BrCl2NO3S/c1-13(2,18)12-7(6-19-21-14)11(17-20-12)10-8(15)4-3-5-9(10)16/h3-5,18H,6H2,1-2H3. The van der Waals surface area contributed by atoms with Crippen LogP contribution in [0.15, 0.2) is 22.7 Å². The molecular formula is C13H12BrCl2NO3S. The fourth-order valence-electron chi connectivity index (χ4n) is 1.93. The second kappa shape index (κ2) is 6.89. The Labute approximate surface area is 144 Å². The van der Waals surface area contributed by atoms with Gasteiger partial charge in [0.2, 0.25) is 0 Å². The number of hydrogen-bond acceptors (Lipinski definition) is 5. The summed E-state index contributed by atoms with van der Waals surface area (Å²) in [5.41, 5.74) is 0.418. The van der Waals surface area contributed by atoms with Gasteiger partial charge < -0.3 is 9.63 Å². The summed E-state index contributed by atoms with van der Waals surface area (Å²) in [5, 5.41) is 15.1. The molecule has 0 aliphatic carbocycles. The van der Waals surface area contributed by atoms with Crippen LogP contribution in [-0.4, -0.2) is 10.3 Å².